The molecule has 3 aliphatic rings. The molecular weight excluding hydrogens is 400 g/mol. The van der Waals surface area contributed by atoms with Crippen molar-refractivity contribution < 1.29 is 9.59 Å². The number of fused-ring (bicyclic) bond motifs is 1. The lowest BCUT2D eigenvalue weighted by Gasteiger charge is -2.31. The van der Waals surface area contributed by atoms with Gasteiger partial charge in [-0.05, 0) is 56.4 Å². The zero-order valence-electron chi connectivity index (χ0n) is 18.1. The summed E-state index contributed by atoms with van der Waals surface area (Å²) < 4.78 is 1.82. The normalized spacial score (nSPS) is 22.5. The topological polar surface area (TPSA) is 58.4 Å². The van der Waals surface area contributed by atoms with Crippen LogP contribution < -0.4 is 0 Å². The van der Waals surface area contributed by atoms with Crippen LogP contribution in [0.15, 0.2) is 60.7 Å². The molecule has 1 aromatic heterocycles. The number of aryl methyl sites for hydroxylation is 1. The average Bonchev–Trinajstić information content (AvgIpc) is 3.33. The summed E-state index contributed by atoms with van der Waals surface area (Å²) in [6.07, 6.45) is 3.10. The summed E-state index contributed by atoms with van der Waals surface area (Å²) in [5.74, 6) is 0.596. The lowest BCUT2D eigenvalue weighted by atomic mass is 10.0. The summed E-state index contributed by atoms with van der Waals surface area (Å²) in [4.78, 5) is 30.8. The van der Waals surface area contributed by atoms with Gasteiger partial charge in [-0.3, -0.25) is 9.59 Å². The van der Waals surface area contributed by atoms with Gasteiger partial charge in [0.1, 0.15) is 5.69 Å². The molecule has 2 fully saturated rings. The van der Waals surface area contributed by atoms with Gasteiger partial charge in [0, 0.05) is 24.2 Å². The molecule has 162 valence electrons. The summed E-state index contributed by atoms with van der Waals surface area (Å²) >= 11 is 0. The maximum absolute atomic E-state index is 13.8. The molecule has 6 nitrogen and oxygen atoms in total. The average molecular weight is 427 g/mol. The van der Waals surface area contributed by atoms with Gasteiger partial charge < -0.3 is 9.80 Å². The van der Waals surface area contributed by atoms with Crippen LogP contribution in [0, 0.1) is 12.8 Å². The molecule has 0 spiro atoms. The number of hydrogen-bond acceptors (Lipinski definition) is 3. The van der Waals surface area contributed by atoms with Crippen LogP contribution in [0.4, 0.5) is 0 Å². The first-order chi connectivity index (χ1) is 15.6. The number of para-hydroxylation sites is 1. The Morgan fingerprint density at radius 1 is 0.969 bits per heavy atom. The van der Waals surface area contributed by atoms with Gasteiger partial charge in [-0.15, -0.1) is 0 Å². The highest BCUT2D eigenvalue weighted by atomic mass is 16.2. The Morgan fingerprint density at radius 2 is 1.66 bits per heavy atom. The van der Waals surface area contributed by atoms with Gasteiger partial charge in [-0.25, -0.2) is 4.68 Å². The Kier molecular flexibility index (Phi) is 4.42. The van der Waals surface area contributed by atoms with E-state index in [0.717, 1.165) is 36.2 Å². The predicted octanol–water partition coefficient (Wildman–Crippen LogP) is 4.00. The first-order valence-electron chi connectivity index (χ1n) is 11.5. The van der Waals surface area contributed by atoms with Crippen LogP contribution in [0.3, 0.4) is 0 Å². The van der Waals surface area contributed by atoms with Crippen LogP contribution >= 0.6 is 0 Å². The molecule has 32 heavy (non-hydrogen) atoms. The van der Waals surface area contributed by atoms with Crippen molar-refractivity contribution in [1.29, 1.82) is 0 Å². The fraction of sp³-hybridized carbons (Fsp3) is 0.346. The van der Waals surface area contributed by atoms with Gasteiger partial charge in [-0.2, -0.15) is 5.10 Å². The molecule has 2 amide bonds. The maximum atomic E-state index is 13.8. The van der Waals surface area contributed by atoms with Crippen LogP contribution in [0.25, 0.3) is 5.69 Å². The molecular formula is C26H26N4O2. The molecule has 6 rings (SSSR count). The van der Waals surface area contributed by atoms with E-state index in [9.17, 15) is 9.59 Å². The second kappa shape index (κ2) is 7.33. The SMILES string of the molecule is Cc1nn(-c2ccccc2)c2c1C(C1CC1)N(C1CCN(C(=O)c3ccccc3)C1)C2=O. The van der Waals surface area contributed by atoms with Crippen LogP contribution in [0.5, 0.6) is 0 Å². The number of rotatable bonds is 4. The third kappa shape index (κ3) is 2.97. The van der Waals surface area contributed by atoms with Crippen molar-refractivity contribution in [3.8, 4) is 5.69 Å². The fourth-order valence-electron chi connectivity index (χ4n) is 5.43. The van der Waals surface area contributed by atoms with Crippen molar-refractivity contribution in [2.24, 2.45) is 5.92 Å². The zero-order valence-corrected chi connectivity index (χ0v) is 18.1. The number of hydrogen-bond donors (Lipinski definition) is 0. The van der Waals surface area contributed by atoms with E-state index in [1.807, 2.05) is 77.2 Å². The van der Waals surface area contributed by atoms with Crippen LogP contribution in [0.2, 0.25) is 0 Å². The van der Waals surface area contributed by atoms with Gasteiger partial charge in [0.05, 0.1) is 23.5 Å². The molecule has 0 radical (unpaired) electrons. The lowest BCUT2D eigenvalue weighted by molar-refractivity contribution is 0.0579. The van der Waals surface area contributed by atoms with Crippen molar-refractivity contribution >= 4 is 11.8 Å². The van der Waals surface area contributed by atoms with Crippen LogP contribution in [-0.2, 0) is 0 Å². The number of likely N-dealkylation sites (tertiary alicyclic amines) is 1. The van der Waals surface area contributed by atoms with Crippen molar-refractivity contribution in [2.45, 2.75) is 38.3 Å². The molecule has 1 saturated carbocycles. The standard InChI is InChI=1S/C26H26N4O2/c1-17-22-23(18-12-13-18)29(26(32)24(22)30(27-17)20-10-6-3-7-11-20)21-14-15-28(16-21)25(31)19-8-4-2-5-9-19/h2-11,18,21,23H,12-16H2,1H3. The molecule has 0 bridgehead atoms. The van der Waals surface area contributed by atoms with E-state index >= 15 is 0 Å². The minimum Gasteiger partial charge on any atom is -0.337 e. The summed E-state index contributed by atoms with van der Waals surface area (Å²) in [5.41, 5.74) is 4.35. The van der Waals surface area contributed by atoms with E-state index < -0.39 is 0 Å². The molecule has 1 saturated heterocycles. The summed E-state index contributed by atoms with van der Waals surface area (Å²) in [6, 6.07) is 19.4. The molecule has 3 heterocycles. The van der Waals surface area contributed by atoms with Gasteiger partial charge in [-0.1, -0.05) is 36.4 Å². The Morgan fingerprint density at radius 3 is 2.34 bits per heavy atom. The van der Waals surface area contributed by atoms with Crippen LogP contribution in [-0.4, -0.2) is 50.5 Å². The van der Waals surface area contributed by atoms with Gasteiger partial charge in [0.25, 0.3) is 11.8 Å². The van der Waals surface area contributed by atoms with E-state index in [0.29, 0.717) is 30.3 Å². The number of aromatic nitrogens is 2. The summed E-state index contributed by atoms with van der Waals surface area (Å²) in [6.45, 7) is 3.29. The lowest BCUT2D eigenvalue weighted by Crippen LogP contribution is -2.42. The first kappa shape index (κ1) is 19.3. The summed E-state index contributed by atoms with van der Waals surface area (Å²) in [7, 11) is 0. The van der Waals surface area contributed by atoms with Crippen molar-refractivity contribution in [2.75, 3.05) is 13.1 Å². The minimum atomic E-state index is 0.0387. The first-order valence-corrected chi connectivity index (χ1v) is 11.5. The molecule has 6 heteroatoms. The fourth-order valence-corrected chi connectivity index (χ4v) is 5.43. The van der Waals surface area contributed by atoms with Crippen molar-refractivity contribution in [3.63, 3.8) is 0 Å². The third-order valence-corrected chi connectivity index (χ3v) is 7.07. The highest BCUT2D eigenvalue weighted by Crippen LogP contribution is 2.52. The number of nitrogens with zero attached hydrogens (tertiary/aromatic N) is 4. The Balaban J connectivity index is 1.33. The quantitative estimate of drug-likeness (QED) is 0.634. The highest BCUT2D eigenvalue weighted by Gasteiger charge is 2.52. The number of carbonyl (C=O) groups is 2. The monoisotopic (exact) mass is 426 g/mol. The molecule has 0 N–H and O–H groups in total. The summed E-state index contributed by atoms with van der Waals surface area (Å²) in [5, 5.41) is 4.76. The Labute approximate surface area is 187 Å². The number of benzene rings is 2. The van der Waals surface area contributed by atoms with E-state index in [2.05, 4.69) is 4.90 Å². The van der Waals surface area contributed by atoms with E-state index in [1.54, 1.807) is 0 Å². The van der Waals surface area contributed by atoms with E-state index in [-0.39, 0.29) is 23.9 Å². The minimum absolute atomic E-state index is 0.0387. The third-order valence-electron chi connectivity index (χ3n) is 7.07. The molecule has 3 aromatic rings. The Bertz CT molecular complexity index is 1180. The second-order valence-electron chi connectivity index (χ2n) is 9.15. The number of carbonyl (C=O) groups excluding carboxylic acids is 2. The van der Waals surface area contributed by atoms with E-state index in [1.165, 1.54) is 0 Å². The molecule has 2 aliphatic heterocycles. The van der Waals surface area contributed by atoms with Crippen LogP contribution in [0.1, 0.15) is 57.4 Å². The highest BCUT2D eigenvalue weighted by molar-refractivity contribution is 5.99. The van der Waals surface area contributed by atoms with Gasteiger partial charge in [0.2, 0.25) is 0 Å². The predicted molar refractivity (Wildman–Crippen MR) is 121 cm³/mol. The number of amides is 2. The van der Waals surface area contributed by atoms with Gasteiger partial charge >= 0.3 is 0 Å². The zero-order chi connectivity index (χ0) is 21.8. The second-order valence-corrected chi connectivity index (χ2v) is 9.15. The molecule has 2 unspecified atom stereocenters. The van der Waals surface area contributed by atoms with Crippen molar-refractivity contribution in [3.05, 3.63) is 83.2 Å². The smallest absolute Gasteiger partial charge is 0.273 e. The molecule has 2 atom stereocenters. The molecule has 1 aliphatic carbocycles. The Hall–Kier alpha value is -3.41. The largest absolute Gasteiger partial charge is 0.337 e. The van der Waals surface area contributed by atoms with Gasteiger partial charge in [0.15, 0.2) is 0 Å². The van der Waals surface area contributed by atoms with E-state index in [4.69, 9.17) is 5.10 Å². The molecule has 2 aromatic carbocycles. The maximum Gasteiger partial charge on any atom is 0.273 e. The van der Waals surface area contributed by atoms with Crippen molar-refractivity contribution in [1.82, 2.24) is 19.6 Å².